The first-order valence-corrected chi connectivity index (χ1v) is 5.64. The fourth-order valence-electron chi connectivity index (χ4n) is 2.95. The summed E-state index contributed by atoms with van der Waals surface area (Å²) in [5, 5.41) is 8.96. The van der Waals surface area contributed by atoms with E-state index in [2.05, 4.69) is 25.7 Å². The number of fused-ring (bicyclic) bond motifs is 1. The van der Waals surface area contributed by atoms with E-state index in [-0.39, 0.29) is 5.54 Å². The number of hydrogen-bond donors (Lipinski definition) is 1. The predicted molar refractivity (Wildman–Crippen MR) is 58.0 cm³/mol. The summed E-state index contributed by atoms with van der Waals surface area (Å²) in [6.07, 6.45) is 0.379. The topological polar surface area (TPSA) is 43.8 Å². The van der Waals surface area contributed by atoms with E-state index in [0.29, 0.717) is 18.5 Å². The Balaban J connectivity index is 2.08. The lowest BCUT2D eigenvalue weighted by Gasteiger charge is -2.36. The van der Waals surface area contributed by atoms with Gasteiger partial charge in [0.2, 0.25) is 0 Å². The van der Waals surface area contributed by atoms with E-state index >= 15 is 0 Å². The average molecular weight is 212 g/mol. The Labute approximate surface area is 90.9 Å². The van der Waals surface area contributed by atoms with Crippen LogP contribution in [-0.4, -0.2) is 52.2 Å². The molecule has 4 heteroatoms. The summed E-state index contributed by atoms with van der Waals surface area (Å²) in [6, 6.07) is 0.445. The van der Waals surface area contributed by atoms with Gasteiger partial charge < -0.3 is 10.0 Å². The van der Waals surface area contributed by atoms with Crippen LogP contribution in [-0.2, 0) is 0 Å². The van der Waals surface area contributed by atoms with E-state index in [1.807, 2.05) is 0 Å². The molecule has 86 valence electrons. The third-order valence-electron chi connectivity index (χ3n) is 3.68. The second-order valence-corrected chi connectivity index (χ2v) is 5.67. The Morgan fingerprint density at radius 1 is 1.33 bits per heavy atom. The molecule has 0 aromatic rings. The van der Waals surface area contributed by atoms with E-state index in [1.54, 1.807) is 4.90 Å². The van der Waals surface area contributed by atoms with Crippen molar-refractivity contribution in [3.8, 4) is 0 Å². The van der Waals surface area contributed by atoms with Gasteiger partial charge in [0.25, 0.3) is 0 Å². The van der Waals surface area contributed by atoms with E-state index in [0.717, 1.165) is 19.5 Å². The van der Waals surface area contributed by atoms with Gasteiger partial charge in [-0.15, -0.1) is 0 Å². The molecule has 0 spiro atoms. The molecule has 0 aromatic carbocycles. The highest BCUT2D eigenvalue weighted by Crippen LogP contribution is 2.35. The van der Waals surface area contributed by atoms with Crippen LogP contribution in [0.25, 0.3) is 0 Å². The van der Waals surface area contributed by atoms with E-state index < -0.39 is 6.09 Å². The Morgan fingerprint density at radius 2 is 2.00 bits per heavy atom. The molecule has 2 saturated heterocycles. The zero-order valence-corrected chi connectivity index (χ0v) is 9.73. The Bertz CT molecular complexity index is 272. The summed E-state index contributed by atoms with van der Waals surface area (Å²) in [5.74, 6) is 0.556. The van der Waals surface area contributed by atoms with Gasteiger partial charge in [-0.3, -0.25) is 4.90 Å². The molecular weight excluding hydrogens is 192 g/mol. The maximum atomic E-state index is 10.9. The van der Waals surface area contributed by atoms with Crippen molar-refractivity contribution in [2.45, 2.75) is 38.8 Å². The number of hydrogen-bond acceptors (Lipinski definition) is 2. The van der Waals surface area contributed by atoms with Gasteiger partial charge in [0.1, 0.15) is 0 Å². The molecule has 0 aromatic heterocycles. The van der Waals surface area contributed by atoms with Crippen LogP contribution in [0.3, 0.4) is 0 Å². The van der Waals surface area contributed by atoms with Crippen LogP contribution < -0.4 is 0 Å². The van der Waals surface area contributed by atoms with E-state index in [1.165, 1.54) is 0 Å². The van der Waals surface area contributed by atoms with Crippen molar-refractivity contribution in [2.75, 3.05) is 19.6 Å². The third-order valence-corrected chi connectivity index (χ3v) is 3.68. The lowest BCUT2D eigenvalue weighted by atomic mass is 10.0. The van der Waals surface area contributed by atoms with Gasteiger partial charge in [0, 0.05) is 24.7 Å². The lowest BCUT2D eigenvalue weighted by molar-refractivity contribution is 0.107. The molecule has 1 N–H and O–H groups in total. The molecular formula is C11H20N2O2. The molecule has 0 bridgehead atoms. The van der Waals surface area contributed by atoms with E-state index in [4.69, 9.17) is 5.11 Å². The molecule has 2 aliphatic heterocycles. The van der Waals surface area contributed by atoms with Crippen LogP contribution in [0.2, 0.25) is 0 Å². The number of carbonyl (C=O) groups is 1. The van der Waals surface area contributed by atoms with Crippen LogP contribution in [0, 0.1) is 5.92 Å². The SMILES string of the molecule is CC(C)(C)N1CC[C@@H]2CN(C(=O)O)C[C@@H]21. The fourth-order valence-corrected chi connectivity index (χ4v) is 2.95. The largest absolute Gasteiger partial charge is 0.465 e. The summed E-state index contributed by atoms with van der Waals surface area (Å²) in [5.41, 5.74) is 0.161. The molecule has 0 saturated carbocycles. The van der Waals surface area contributed by atoms with Gasteiger partial charge in [-0.25, -0.2) is 4.79 Å². The molecule has 15 heavy (non-hydrogen) atoms. The van der Waals surface area contributed by atoms with Gasteiger partial charge in [-0.2, -0.15) is 0 Å². The van der Waals surface area contributed by atoms with E-state index in [9.17, 15) is 4.79 Å². The summed E-state index contributed by atoms with van der Waals surface area (Å²) in [7, 11) is 0. The first-order chi connectivity index (χ1) is 6.89. The van der Waals surface area contributed by atoms with Crippen molar-refractivity contribution in [2.24, 2.45) is 5.92 Å². The molecule has 0 radical (unpaired) electrons. The molecule has 0 unspecified atom stereocenters. The first-order valence-electron chi connectivity index (χ1n) is 5.64. The van der Waals surface area contributed by atoms with Gasteiger partial charge in [-0.1, -0.05) is 0 Å². The summed E-state index contributed by atoms with van der Waals surface area (Å²) in [6.45, 7) is 9.16. The number of nitrogens with zero attached hydrogens (tertiary/aromatic N) is 2. The maximum absolute atomic E-state index is 10.9. The number of amides is 1. The summed E-state index contributed by atoms with van der Waals surface area (Å²) < 4.78 is 0. The molecule has 2 atom stereocenters. The minimum Gasteiger partial charge on any atom is -0.465 e. The smallest absolute Gasteiger partial charge is 0.407 e. The summed E-state index contributed by atoms with van der Waals surface area (Å²) >= 11 is 0. The second-order valence-electron chi connectivity index (χ2n) is 5.67. The third kappa shape index (κ3) is 1.83. The van der Waals surface area contributed by atoms with Crippen molar-refractivity contribution in [3.63, 3.8) is 0 Å². The standard InChI is InChI=1S/C11H20N2O2/c1-11(2,3)13-5-4-8-6-12(10(14)15)7-9(8)13/h8-9H,4-7H2,1-3H3,(H,14,15)/t8-,9+/m1/s1. The average Bonchev–Trinajstić information content (AvgIpc) is 2.56. The number of rotatable bonds is 0. The molecule has 2 fully saturated rings. The molecule has 2 heterocycles. The highest BCUT2D eigenvalue weighted by atomic mass is 16.4. The zero-order chi connectivity index (χ0) is 11.2. The van der Waals surface area contributed by atoms with Crippen LogP contribution in [0.1, 0.15) is 27.2 Å². The monoisotopic (exact) mass is 212 g/mol. The summed E-state index contributed by atoms with van der Waals surface area (Å²) in [4.78, 5) is 14.9. The van der Waals surface area contributed by atoms with Crippen LogP contribution in [0.15, 0.2) is 0 Å². The Morgan fingerprint density at radius 3 is 2.53 bits per heavy atom. The Hall–Kier alpha value is -0.770. The predicted octanol–water partition coefficient (Wildman–Crippen LogP) is 1.47. The minimum absolute atomic E-state index is 0.161. The molecule has 2 rings (SSSR count). The first kappa shape index (κ1) is 10.7. The quantitative estimate of drug-likeness (QED) is 0.661. The molecule has 0 aliphatic carbocycles. The van der Waals surface area contributed by atoms with Gasteiger partial charge in [0.15, 0.2) is 0 Å². The van der Waals surface area contributed by atoms with Crippen molar-refractivity contribution in [1.82, 2.24) is 9.80 Å². The zero-order valence-electron chi connectivity index (χ0n) is 9.73. The molecule has 2 aliphatic rings. The molecule has 1 amide bonds. The van der Waals surface area contributed by atoms with Crippen molar-refractivity contribution in [3.05, 3.63) is 0 Å². The molecule has 4 nitrogen and oxygen atoms in total. The van der Waals surface area contributed by atoms with Crippen LogP contribution in [0.4, 0.5) is 4.79 Å². The highest BCUT2D eigenvalue weighted by molar-refractivity contribution is 5.65. The van der Waals surface area contributed by atoms with Gasteiger partial charge in [-0.05, 0) is 39.7 Å². The second kappa shape index (κ2) is 3.37. The minimum atomic E-state index is -0.766. The number of likely N-dealkylation sites (tertiary alicyclic amines) is 2. The van der Waals surface area contributed by atoms with Gasteiger partial charge >= 0.3 is 6.09 Å². The normalized spacial score (nSPS) is 32.1. The lowest BCUT2D eigenvalue weighted by Crippen LogP contribution is -2.47. The highest BCUT2D eigenvalue weighted by Gasteiger charge is 2.45. The van der Waals surface area contributed by atoms with Crippen LogP contribution >= 0.6 is 0 Å². The Kier molecular flexibility index (Phi) is 2.41. The number of carboxylic acid groups (broad SMARTS) is 1. The fraction of sp³-hybridized carbons (Fsp3) is 0.909. The van der Waals surface area contributed by atoms with Crippen molar-refractivity contribution in [1.29, 1.82) is 0 Å². The van der Waals surface area contributed by atoms with Gasteiger partial charge in [0.05, 0.1) is 0 Å². The van der Waals surface area contributed by atoms with Crippen molar-refractivity contribution >= 4 is 6.09 Å². The van der Waals surface area contributed by atoms with Crippen LogP contribution in [0.5, 0.6) is 0 Å². The maximum Gasteiger partial charge on any atom is 0.407 e. The van der Waals surface area contributed by atoms with Crippen molar-refractivity contribution < 1.29 is 9.90 Å².